The molecule has 0 amide bonds. The number of anilines is 2. The summed E-state index contributed by atoms with van der Waals surface area (Å²) in [6, 6.07) is 0. The van der Waals surface area contributed by atoms with E-state index in [1.807, 2.05) is 11.9 Å². The highest BCUT2D eigenvalue weighted by Gasteiger charge is 2.10. The molecule has 0 saturated heterocycles. The molecule has 1 unspecified atom stereocenters. The van der Waals surface area contributed by atoms with Crippen molar-refractivity contribution in [2.24, 2.45) is 5.92 Å². The molecule has 0 aliphatic carbocycles. The van der Waals surface area contributed by atoms with Crippen molar-refractivity contribution in [1.29, 1.82) is 0 Å². The maximum Gasteiger partial charge on any atom is 0.231 e. The van der Waals surface area contributed by atoms with Gasteiger partial charge >= 0.3 is 0 Å². The van der Waals surface area contributed by atoms with E-state index in [1.54, 1.807) is 7.05 Å². The predicted octanol–water partition coefficient (Wildman–Crippen LogP) is 2.05. The molecule has 1 N–H and O–H groups in total. The molecule has 0 bridgehead atoms. The van der Waals surface area contributed by atoms with E-state index < -0.39 is 0 Å². The monoisotopic (exact) mass is 243 g/mol. The summed E-state index contributed by atoms with van der Waals surface area (Å²) < 4.78 is 0. The van der Waals surface area contributed by atoms with Gasteiger partial charge in [0.05, 0.1) is 0 Å². The standard InChI is InChI=1S/C10H18ClN5/c1-5-7(2)6-16(4)10-14-8(11)13-9(12-3)15-10/h7H,5-6H2,1-4H3,(H,12,13,14,15). The molecule has 5 nitrogen and oxygen atoms in total. The summed E-state index contributed by atoms with van der Waals surface area (Å²) in [6.07, 6.45) is 1.13. The van der Waals surface area contributed by atoms with Gasteiger partial charge in [-0.1, -0.05) is 20.3 Å². The van der Waals surface area contributed by atoms with E-state index in [2.05, 4.69) is 34.1 Å². The lowest BCUT2D eigenvalue weighted by molar-refractivity contribution is 0.555. The molecule has 0 aliphatic rings. The number of hydrogen-bond acceptors (Lipinski definition) is 5. The van der Waals surface area contributed by atoms with Crippen LogP contribution < -0.4 is 10.2 Å². The molecule has 0 radical (unpaired) electrons. The molecule has 0 aliphatic heterocycles. The van der Waals surface area contributed by atoms with Gasteiger partial charge in [-0.2, -0.15) is 15.0 Å². The molecule has 0 fully saturated rings. The Morgan fingerprint density at radius 3 is 2.62 bits per heavy atom. The van der Waals surface area contributed by atoms with E-state index >= 15 is 0 Å². The molecular formula is C10H18ClN5. The van der Waals surface area contributed by atoms with Gasteiger partial charge in [0.2, 0.25) is 17.2 Å². The van der Waals surface area contributed by atoms with Gasteiger partial charge in [-0.25, -0.2) is 0 Å². The highest BCUT2D eigenvalue weighted by Crippen LogP contribution is 2.14. The summed E-state index contributed by atoms with van der Waals surface area (Å²) in [6.45, 7) is 5.26. The molecule has 0 aromatic carbocycles. The Balaban J connectivity index is 2.82. The summed E-state index contributed by atoms with van der Waals surface area (Å²) in [4.78, 5) is 14.3. The van der Waals surface area contributed by atoms with Crippen LogP contribution in [0.5, 0.6) is 0 Å². The topological polar surface area (TPSA) is 53.9 Å². The molecule has 1 atom stereocenters. The molecule has 1 heterocycles. The zero-order chi connectivity index (χ0) is 12.1. The zero-order valence-electron chi connectivity index (χ0n) is 10.2. The van der Waals surface area contributed by atoms with Crippen LogP contribution in [0.4, 0.5) is 11.9 Å². The third kappa shape index (κ3) is 3.48. The molecule has 6 heteroatoms. The summed E-state index contributed by atoms with van der Waals surface area (Å²) >= 11 is 5.81. The maximum atomic E-state index is 5.81. The summed E-state index contributed by atoms with van der Waals surface area (Å²) in [5, 5.41) is 3.07. The van der Waals surface area contributed by atoms with Crippen LogP contribution in [-0.2, 0) is 0 Å². The number of aromatic nitrogens is 3. The molecule has 90 valence electrons. The molecule has 1 aromatic heterocycles. The first-order valence-corrected chi connectivity index (χ1v) is 5.75. The van der Waals surface area contributed by atoms with Crippen LogP contribution in [0.2, 0.25) is 5.28 Å². The second-order valence-corrected chi connectivity index (χ2v) is 4.21. The number of nitrogens with zero attached hydrogens (tertiary/aromatic N) is 4. The predicted molar refractivity (Wildman–Crippen MR) is 67.1 cm³/mol. The van der Waals surface area contributed by atoms with Crippen LogP contribution in [-0.4, -0.2) is 35.6 Å². The van der Waals surface area contributed by atoms with Crippen LogP contribution in [0.1, 0.15) is 20.3 Å². The van der Waals surface area contributed by atoms with Crippen molar-refractivity contribution in [3.05, 3.63) is 5.28 Å². The second-order valence-electron chi connectivity index (χ2n) is 3.87. The third-order valence-corrected chi connectivity index (χ3v) is 2.61. The van der Waals surface area contributed by atoms with Crippen molar-refractivity contribution in [2.45, 2.75) is 20.3 Å². The van der Waals surface area contributed by atoms with Crippen LogP contribution >= 0.6 is 11.6 Å². The van der Waals surface area contributed by atoms with Crippen molar-refractivity contribution < 1.29 is 0 Å². The SMILES string of the molecule is CCC(C)CN(C)c1nc(Cl)nc(NC)n1. The van der Waals surface area contributed by atoms with E-state index in [-0.39, 0.29) is 5.28 Å². The maximum absolute atomic E-state index is 5.81. The van der Waals surface area contributed by atoms with Crippen LogP contribution in [0.3, 0.4) is 0 Å². The third-order valence-electron chi connectivity index (χ3n) is 2.44. The van der Waals surface area contributed by atoms with Crippen molar-refractivity contribution in [2.75, 3.05) is 30.9 Å². The second kappa shape index (κ2) is 5.84. The lowest BCUT2D eigenvalue weighted by Gasteiger charge is -2.20. The molecule has 0 spiro atoms. The smallest absolute Gasteiger partial charge is 0.231 e. The summed E-state index contributed by atoms with van der Waals surface area (Å²) in [5.41, 5.74) is 0. The highest BCUT2D eigenvalue weighted by atomic mass is 35.5. The van der Waals surface area contributed by atoms with E-state index in [9.17, 15) is 0 Å². The quantitative estimate of drug-likeness (QED) is 0.858. The Labute approximate surface area is 101 Å². The first kappa shape index (κ1) is 13.0. The number of halogens is 1. The highest BCUT2D eigenvalue weighted by molar-refractivity contribution is 6.28. The van der Waals surface area contributed by atoms with Gasteiger partial charge in [0.25, 0.3) is 0 Å². The molecular weight excluding hydrogens is 226 g/mol. The van der Waals surface area contributed by atoms with E-state index in [0.717, 1.165) is 13.0 Å². The fraction of sp³-hybridized carbons (Fsp3) is 0.700. The van der Waals surface area contributed by atoms with Gasteiger partial charge in [-0.3, -0.25) is 0 Å². The van der Waals surface area contributed by atoms with Crippen LogP contribution in [0, 0.1) is 5.92 Å². The largest absolute Gasteiger partial charge is 0.357 e. The van der Waals surface area contributed by atoms with Crippen molar-refractivity contribution in [1.82, 2.24) is 15.0 Å². The fourth-order valence-electron chi connectivity index (χ4n) is 1.30. The minimum Gasteiger partial charge on any atom is -0.357 e. The lowest BCUT2D eigenvalue weighted by Crippen LogP contribution is -2.26. The van der Waals surface area contributed by atoms with Gasteiger partial charge in [-0.15, -0.1) is 0 Å². The first-order chi connectivity index (χ1) is 7.56. The average molecular weight is 244 g/mol. The van der Waals surface area contributed by atoms with Crippen LogP contribution in [0.25, 0.3) is 0 Å². The minimum atomic E-state index is 0.213. The Hall–Kier alpha value is -1.10. The first-order valence-electron chi connectivity index (χ1n) is 5.37. The number of rotatable bonds is 5. The van der Waals surface area contributed by atoms with E-state index in [1.165, 1.54) is 0 Å². The van der Waals surface area contributed by atoms with Crippen molar-refractivity contribution >= 4 is 23.5 Å². The van der Waals surface area contributed by atoms with Gasteiger partial charge in [0.1, 0.15) is 0 Å². The Morgan fingerprint density at radius 1 is 1.38 bits per heavy atom. The summed E-state index contributed by atoms with van der Waals surface area (Å²) in [7, 11) is 3.71. The van der Waals surface area contributed by atoms with Crippen LogP contribution in [0.15, 0.2) is 0 Å². The molecule has 16 heavy (non-hydrogen) atoms. The van der Waals surface area contributed by atoms with Gasteiger partial charge in [0, 0.05) is 20.6 Å². The normalized spacial score (nSPS) is 12.3. The lowest BCUT2D eigenvalue weighted by atomic mass is 10.1. The zero-order valence-corrected chi connectivity index (χ0v) is 10.9. The molecule has 1 rings (SSSR count). The van der Waals surface area contributed by atoms with E-state index in [4.69, 9.17) is 11.6 Å². The summed E-state index contributed by atoms with van der Waals surface area (Å²) in [5.74, 6) is 1.69. The van der Waals surface area contributed by atoms with Gasteiger partial charge in [0.15, 0.2) is 0 Å². The molecule has 1 aromatic rings. The van der Waals surface area contributed by atoms with Crippen molar-refractivity contribution in [3.63, 3.8) is 0 Å². The van der Waals surface area contributed by atoms with Gasteiger partial charge in [-0.05, 0) is 17.5 Å². The molecule has 0 saturated carbocycles. The number of nitrogens with one attached hydrogen (secondary N) is 1. The van der Waals surface area contributed by atoms with Gasteiger partial charge < -0.3 is 10.2 Å². The van der Waals surface area contributed by atoms with E-state index in [0.29, 0.717) is 17.8 Å². The van der Waals surface area contributed by atoms with Crippen molar-refractivity contribution in [3.8, 4) is 0 Å². The Morgan fingerprint density at radius 2 is 2.06 bits per heavy atom. The Bertz CT molecular complexity index is 344. The number of hydrogen-bond donors (Lipinski definition) is 1. The fourth-order valence-corrected chi connectivity index (χ4v) is 1.46. The Kier molecular flexibility index (Phi) is 4.73. The average Bonchev–Trinajstić information content (AvgIpc) is 2.27. The minimum absolute atomic E-state index is 0.213.